The lowest BCUT2D eigenvalue weighted by molar-refractivity contribution is -0.383. The van der Waals surface area contributed by atoms with Crippen LogP contribution in [0.4, 0.5) is 11.4 Å². The molecule has 0 saturated heterocycles. The van der Waals surface area contributed by atoms with Gasteiger partial charge in [0, 0.05) is 24.4 Å². The van der Waals surface area contributed by atoms with Crippen LogP contribution < -0.4 is 10.9 Å². The summed E-state index contributed by atoms with van der Waals surface area (Å²) in [6, 6.07) is 9.12. The molecule has 1 amide bonds. The molecule has 0 spiro atoms. The maximum absolute atomic E-state index is 12.5. The zero-order chi connectivity index (χ0) is 19.3. The van der Waals surface area contributed by atoms with Crippen LogP contribution in [0.5, 0.6) is 0 Å². The summed E-state index contributed by atoms with van der Waals surface area (Å²) in [5.41, 5.74) is -0.0254. The van der Waals surface area contributed by atoms with Crippen molar-refractivity contribution in [3.63, 3.8) is 0 Å². The van der Waals surface area contributed by atoms with Gasteiger partial charge in [0.25, 0.3) is 11.2 Å². The van der Waals surface area contributed by atoms with E-state index in [-0.39, 0.29) is 30.1 Å². The lowest BCUT2D eigenvalue weighted by Crippen LogP contribution is -2.31. The number of nitro benzene ring substituents is 1. The molecular weight excluding hydrogens is 340 g/mol. The highest BCUT2D eigenvalue weighted by Gasteiger charge is 2.18. The normalized spacial score (nSPS) is 10.2. The van der Waals surface area contributed by atoms with Crippen LogP contribution in [-0.2, 0) is 22.7 Å². The molecule has 0 aliphatic carbocycles. The van der Waals surface area contributed by atoms with Gasteiger partial charge in [-0.05, 0) is 19.1 Å². The molecule has 0 unspecified atom stereocenters. The van der Waals surface area contributed by atoms with Gasteiger partial charge in [-0.15, -0.1) is 0 Å². The van der Waals surface area contributed by atoms with Gasteiger partial charge in [-0.25, -0.2) is 0 Å². The van der Waals surface area contributed by atoms with E-state index < -0.39 is 16.4 Å². The minimum atomic E-state index is -0.618. The van der Waals surface area contributed by atoms with E-state index in [1.54, 1.807) is 19.1 Å². The topological polar surface area (TPSA) is 127 Å². The maximum Gasteiger partial charge on any atom is 0.292 e. The van der Waals surface area contributed by atoms with Crippen molar-refractivity contribution >= 4 is 17.3 Å². The van der Waals surface area contributed by atoms with E-state index in [1.807, 2.05) is 6.07 Å². The lowest BCUT2D eigenvalue weighted by atomic mass is 10.1. The molecule has 1 aromatic heterocycles. The van der Waals surface area contributed by atoms with Crippen LogP contribution >= 0.6 is 0 Å². The predicted molar refractivity (Wildman–Crippen MR) is 92.6 cm³/mol. The number of benzene rings is 1. The summed E-state index contributed by atoms with van der Waals surface area (Å²) in [6.45, 7) is 1.35. The second-order valence-electron chi connectivity index (χ2n) is 5.44. The minimum Gasteiger partial charge on any atom is -0.380 e. The van der Waals surface area contributed by atoms with Gasteiger partial charge in [-0.1, -0.05) is 12.1 Å². The Morgan fingerprint density at radius 1 is 1.42 bits per heavy atom. The van der Waals surface area contributed by atoms with E-state index in [2.05, 4.69) is 5.32 Å². The van der Waals surface area contributed by atoms with Crippen LogP contribution in [0.2, 0.25) is 0 Å². The minimum absolute atomic E-state index is 0.0321. The Balaban J connectivity index is 2.32. The van der Waals surface area contributed by atoms with Crippen LogP contribution in [0, 0.1) is 28.4 Å². The number of nitro groups is 1. The molecule has 0 atom stereocenters. The van der Waals surface area contributed by atoms with E-state index in [9.17, 15) is 25.0 Å². The van der Waals surface area contributed by atoms with Gasteiger partial charge in [0.05, 0.1) is 11.5 Å². The largest absolute Gasteiger partial charge is 0.380 e. The number of ether oxygens (including phenoxy) is 1. The van der Waals surface area contributed by atoms with E-state index in [0.717, 1.165) is 4.57 Å². The number of carbonyl (C=O) groups excluding carboxylic acids is 1. The Morgan fingerprint density at radius 3 is 2.73 bits per heavy atom. The molecule has 1 heterocycles. The summed E-state index contributed by atoms with van der Waals surface area (Å²) < 4.78 is 6.11. The molecule has 134 valence electrons. The number of pyridine rings is 1. The number of aryl methyl sites for hydroxylation is 1. The zero-order valence-electron chi connectivity index (χ0n) is 14.2. The van der Waals surface area contributed by atoms with Crippen molar-refractivity contribution in [3.8, 4) is 6.07 Å². The van der Waals surface area contributed by atoms with Crippen molar-refractivity contribution in [2.24, 2.45) is 0 Å². The number of nitriles is 1. The van der Waals surface area contributed by atoms with Gasteiger partial charge in [0.2, 0.25) is 5.91 Å². The van der Waals surface area contributed by atoms with Crippen molar-refractivity contribution in [1.82, 2.24) is 4.57 Å². The Bertz CT molecular complexity index is 959. The average Bonchev–Trinajstić information content (AvgIpc) is 2.59. The monoisotopic (exact) mass is 356 g/mol. The average molecular weight is 356 g/mol. The number of hydrogen-bond acceptors (Lipinski definition) is 6. The van der Waals surface area contributed by atoms with Crippen molar-refractivity contribution in [1.29, 1.82) is 5.26 Å². The molecule has 0 aliphatic rings. The first-order valence-corrected chi connectivity index (χ1v) is 7.54. The standard InChI is InChI=1S/C17H16N4O5/c1-11-7-12(10-26-2)13(8-18)17(23)20(11)9-16(22)19-14-5-3-4-6-15(14)21(24)25/h3-7H,9-10H2,1-2H3,(H,19,22). The van der Waals surface area contributed by atoms with E-state index in [1.165, 1.54) is 25.3 Å². The van der Waals surface area contributed by atoms with Crippen LogP contribution in [-0.4, -0.2) is 22.5 Å². The molecular formula is C17H16N4O5. The number of aromatic nitrogens is 1. The predicted octanol–water partition coefficient (Wildman–Crippen LogP) is 1.72. The van der Waals surface area contributed by atoms with Crippen LogP contribution in [0.25, 0.3) is 0 Å². The number of para-hydroxylation sites is 2. The van der Waals surface area contributed by atoms with Crippen molar-refractivity contribution in [2.75, 3.05) is 12.4 Å². The second kappa shape index (κ2) is 8.04. The first kappa shape index (κ1) is 18.8. The molecule has 2 rings (SSSR count). The van der Waals surface area contributed by atoms with Gasteiger partial charge >= 0.3 is 0 Å². The molecule has 26 heavy (non-hydrogen) atoms. The molecule has 0 saturated carbocycles. The first-order valence-electron chi connectivity index (χ1n) is 7.54. The van der Waals surface area contributed by atoms with Crippen LogP contribution in [0.1, 0.15) is 16.8 Å². The van der Waals surface area contributed by atoms with Crippen LogP contribution in [0.3, 0.4) is 0 Å². The number of nitrogens with zero attached hydrogens (tertiary/aromatic N) is 3. The number of anilines is 1. The molecule has 0 aliphatic heterocycles. The molecule has 9 nitrogen and oxygen atoms in total. The van der Waals surface area contributed by atoms with Gasteiger partial charge in [0.15, 0.2) is 0 Å². The SMILES string of the molecule is COCc1cc(C)n(CC(=O)Nc2ccccc2[N+](=O)[O-])c(=O)c1C#N. The fourth-order valence-corrected chi connectivity index (χ4v) is 2.49. The third kappa shape index (κ3) is 3.93. The van der Waals surface area contributed by atoms with Gasteiger partial charge in [-0.3, -0.25) is 19.7 Å². The molecule has 0 bridgehead atoms. The molecule has 0 fully saturated rings. The third-order valence-corrected chi connectivity index (χ3v) is 3.68. The quantitative estimate of drug-likeness (QED) is 0.620. The number of rotatable bonds is 6. The molecule has 2 aromatic rings. The number of carbonyl (C=O) groups is 1. The molecule has 0 radical (unpaired) electrons. The number of hydrogen-bond donors (Lipinski definition) is 1. The first-order chi connectivity index (χ1) is 12.4. The van der Waals surface area contributed by atoms with E-state index >= 15 is 0 Å². The number of nitrogens with one attached hydrogen (secondary N) is 1. The third-order valence-electron chi connectivity index (χ3n) is 3.68. The van der Waals surface area contributed by atoms with E-state index in [4.69, 9.17) is 4.74 Å². The van der Waals surface area contributed by atoms with Gasteiger partial charge in [-0.2, -0.15) is 5.26 Å². The van der Waals surface area contributed by atoms with Gasteiger partial charge < -0.3 is 14.6 Å². The van der Waals surface area contributed by atoms with Crippen LogP contribution in [0.15, 0.2) is 35.1 Å². The fraction of sp³-hybridized carbons (Fsp3) is 0.235. The van der Waals surface area contributed by atoms with E-state index in [0.29, 0.717) is 11.3 Å². The Morgan fingerprint density at radius 2 is 2.12 bits per heavy atom. The highest BCUT2D eigenvalue weighted by atomic mass is 16.6. The summed E-state index contributed by atoms with van der Waals surface area (Å²) >= 11 is 0. The second-order valence-corrected chi connectivity index (χ2v) is 5.44. The Hall–Kier alpha value is -3.51. The summed E-state index contributed by atoms with van der Waals surface area (Å²) in [6.07, 6.45) is 0. The highest BCUT2D eigenvalue weighted by molar-refractivity contribution is 5.92. The number of methoxy groups -OCH3 is 1. The lowest BCUT2D eigenvalue weighted by Gasteiger charge is -2.13. The summed E-state index contributed by atoms with van der Waals surface area (Å²) in [7, 11) is 1.45. The van der Waals surface area contributed by atoms with Crippen molar-refractivity contribution < 1.29 is 14.5 Å². The zero-order valence-corrected chi connectivity index (χ0v) is 14.2. The molecule has 9 heteroatoms. The van der Waals surface area contributed by atoms with Crippen molar-refractivity contribution in [3.05, 3.63) is 67.6 Å². The maximum atomic E-state index is 12.5. The fourth-order valence-electron chi connectivity index (χ4n) is 2.49. The Kier molecular flexibility index (Phi) is 5.82. The summed E-state index contributed by atoms with van der Waals surface area (Å²) in [5.74, 6) is -0.618. The summed E-state index contributed by atoms with van der Waals surface area (Å²) in [4.78, 5) is 35.1. The number of amides is 1. The van der Waals surface area contributed by atoms with Gasteiger partial charge in [0.1, 0.15) is 23.9 Å². The molecule has 1 N–H and O–H groups in total. The smallest absolute Gasteiger partial charge is 0.292 e. The summed E-state index contributed by atoms with van der Waals surface area (Å²) in [5, 5.41) is 22.6. The van der Waals surface area contributed by atoms with Crippen molar-refractivity contribution in [2.45, 2.75) is 20.1 Å². The highest BCUT2D eigenvalue weighted by Crippen LogP contribution is 2.23. The Labute approximate surface area is 148 Å². The molecule has 1 aromatic carbocycles.